The summed E-state index contributed by atoms with van der Waals surface area (Å²) in [6.07, 6.45) is 7.93. The van der Waals surface area contributed by atoms with Crippen molar-refractivity contribution in [3.05, 3.63) is 52.8 Å². The third-order valence-electron chi connectivity index (χ3n) is 4.73. The van der Waals surface area contributed by atoms with Gasteiger partial charge in [-0.2, -0.15) is 0 Å². The summed E-state index contributed by atoms with van der Waals surface area (Å²) in [6, 6.07) is 4.11. The lowest BCUT2D eigenvalue weighted by molar-refractivity contribution is 0.0698. The van der Waals surface area contributed by atoms with Crippen LogP contribution in [0.1, 0.15) is 54.7 Å². The number of rotatable bonds is 5. The molecule has 1 aliphatic rings. The lowest BCUT2D eigenvalue weighted by atomic mass is 9.96. The molecule has 25 heavy (non-hydrogen) atoms. The summed E-state index contributed by atoms with van der Waals surface area (Å²) in [5.41, 5.74) is 0.0440. The third kappa shape index (κ3) is 4.03. The number of likely N-dealkylation sites (tertiary alicyclic amines) is 1. The van der Waals surface area contributed by atoms with Crippen LogP contribution in [0, 0.1) is 5.82 Å². The van der Waals surface area contributed by atoms with E-state index >= 15 is 0 Å². The molecule has 1 fully saturated rings. The molecule has 134 valence electrons. The van der Waals surface area contributed by atoms with E-state index in [2.05, 4.69) is 16.5 Å². The van der Waals surface area contributed by atoms with Gasteiger partial charge in [0.05, 0.1) is 5.56 Å². The molecule has 1 atom stereocenters. The minimum Gasteiger partial charge on any atom is -0.338 e. The molecule has 0 bridgehead atoms. The average molecular weight is 364 g/mol. The van der Waals surface area contributed by atoms with Gasteiger partial charge in [0.2, 0.25) is 0 Å². The van der Waals surface area contributed by atoms with Crippen LogP contribution in [-0.2, 0) is 6.54 Å². The van der Waals surface area contributed by atoms with Crippen LogP contribution in [0.4, 0.5) is 4.39 Å². The fraction of sp³-hybridized carbons (Fsp3) is 0.474. The summed E-state index contributed by atoms with van der Waals surface area (Å²) in [7, 11) is 0. The fourth-order valence-electron chi connectivity index (χ4n) is 3.40. The lowest BCUT2D eigenvalue weighted by Gasteiger charge is -2.33. The van der Waals surface area contributed by atoms with Crippen LogP contribution < -0.4 is 0 Å². The molecular weight excluding hydrogens is 341 g/mol. The maximum absolute atomic E-state index is 14.0. The topological polar surface area (TPSA) is 38.1 Å². The highest BCUT2D eigenvalue weighted by atomic mass is 35.5. The number of amides is 1. The maximum Gasteiger partial charge on any atom is 0.256 e. The van der Waals surface area contributed by atoms with Crippen molar-refractivity contribution >= 4 is 17.5 Å². The van der Waals surface area contributed by atoms with Gasteiger partial charge in [-0.15, -0.1) is 0 Å². The number of hydrogen-bond acceptors (Lipinski definition) is 2. The first kappa shape index (κ1) is 17.9. The summed E-state index contributed by atoms with van der Waals surface area (Å²) in [5.74, 6) is 0.390. The van der Waals surface area contributed by atoms with Gasteiger partial charge in [-0.05, 0) is 37.5 Å². The molecule has 1 saturated heterocycles. The molecule has 0 saturated carbocycles. The molecule has 6 heteroatoms. The van der Waals surface area contributed by atoms with E-state index in [1.54, 1.807) is 4.90 Å². The van der Waals surface area contributed by atoms with Crippen LogP contribution in [0.15, 0.2) is 30.6 Å². The van der Waals surface area contributed by atoms with E-state index in [9.17, 15) is 9.18 Å². The highest BCUT2D eigenvalue weighted by Gasteiger charge is 2.29. The molecule has 0 N–H and O–H groups in total. The van der Waals surface area contributed by atoms with Crippen molar-refractivity contribution in [2.24, 2.45) is 0 Å². The number of carbonyl (C=O) groups excluding carboxylic acids is 1. The highest BCUT2D eigenvalue weighted by Crippen LogP contribution is 2.28. The van der Waals surface area contributed by atoms with Crippen LogP contribution in [0.2, 0.25) is 5.02 Å². The van der Waals surface area contributed by atoms with Gasteiger partial charge in [-0.3, -0.25) is 4.79 Å². The monoisotopic (exact) mass is 363 g/mol. The number of hydrogen-bond donors (Lipinski definition) is 0. The third-order valence-corrected chi connectivity index (χ3v) is 4.97. The first-order chi connectivity index (χ1) is 12.1. The van der Waals surface area contributed by atoms with Gasteiger partial charge < -0.3 is 9.47 Å². The van der Waals surface area contributed by atoms with E-state index in [4.69, 9.17) is 11.6 Å². The van der Waals surface area contributed by atoms with Crippen molar-refractivity contribution in [2.45, 2.75) is 45.1 Å². The van der Waals surface area contributed by atoms with Crippen molar-refractivity contribution in [3.63, 3.8) is 0 Å². The second-order valence-electron chi connectivity index (χ2n) is 6.55. The normalized spacial score (nSPS) is 17.7. The number of carbonyl (C=O) groups is 1. The summed E-state index contributed by atoms with van der Waals surface area (Å²) >= 11 is 5.93. The molecule has 1 aromatic heterocycles. The van der Waals surface area contributed by atoms with Gasteiger partial charge in [-0.1, -0.05) is 24.9 Å². The Labute approximate surface area is 152 Å². The Morgan fingerprint density at radius 1 is 1.44 bits per heavy atom. The van der Waals surface area contributed by atoms with Crippen LogP contribution in [0.3, 0.4) is 0 Å². The van der Waals surface area contributed by atoms with E-state index in [0.29, 0.717) is 18.1 Å². The highest BCUT2D eigenvalue weighted by molar-refractivity contribution is 6.31. The molecule has 1 aliphatic heterocycles. The maximum atomic E-state index is 14.0. The average Bonchev–Trinajstić information content (AvgIpc) is 3.10. The summed E-state index contributed by atoms with van der Waals surface area (Å²) in [4.78, 5) is 19.0. The van der Waals surface area contributed by atoms with E-state index in [1.165, 1.54) is 18.2 Å². The number of nitrogens with zero attached hydrogens (tertiary/aromatic N) is 3. The molecule has 1 aromatic carbocycles. The zero-order valence-corrected chi connectivity index (χ0v) is 15.2. The summed E-state index contributed by atoms with van der Waals surface area (Å²) < 4.78 is 16.2. The van der Waals surface area contributed by atoms with Crippen molar-refractivity contribution < 1.29 is 9.18 Å². The second-order valence-corrected chi connectivity index (χ2v) is 6.98. The van der Waals surface area contributed by atoms with Crippen molar-refractivity contribution in [2.75, 3.05) is 13.1 Å². The number of unbranched alkanes of at least 4 members (excludes halogenated alkanes) is 1. The number of aromatic nitrogens is 2. The van der Waals surface area contributed by atoms with Gasteiger partial charge in [0.25, 0.3) is 5.91 Å². The largest absolute Gasteiger partial charge is 0.338 e. The molecule has 3 rings (SSSR count). The Kier molecular flexibility index (Phi) is 5.74. The lowest BCUT2D eigenvalue weighted by Crippen LogP contribution is -2.40. The second kappa shape index (κ2) is 8.00. The van der Waals surface area contributed by atoms with Crippen LogP contribution >= 0.6 is 11.6 Å². The number of imidazole rings is 1. The number of benzene rings is 1. The van der Waals surface area contributed by atoms with Crippen molar-refractivity contribution in [1.82, 2.24) is 14.5 Å². The Morgan fingerprint density at radius 3 is 3.08 bits per heavy atom. The number of piperidine rings is 1. The van der Waals surface area contributed by atoms with E-state index in [-0.39, 0.29) is 17.4 Å². The fourth-order valence-corrected chi connectivity index (χ4v) is 3.57. The van der Waals surface area contributed by atoms with Crippen molar-refractivity contribution in [3.8, 4) is 0 Å². The predicted molar refractivity (Wildman–Crippen MR) is 96.4 cm³/mol. The smallest absolute Gasteiger partial charge is 0.256 e. The number of aryl methyl sites for hydroxylation is 1. The van der Waals surface area contributed by atoms with Crippen LogP contribution in [0.25, 0.3) is 0 Å². The first-order valence-electron chi connectivity index (χ1n) is 8.85. The molecule has 1 amide bonds. The molecule has 2 heterocycles. The quantitative estimate of drug-likeness (QED) is 0.784. The standard InChI is InChI=1S/C19H23ClFN3O/c1-2-3-9-23-11-8-22-18(23)14-5-4-10-24(13-14)19(25)16-12-15(20)6-7-17(16)21/h6-8,11-12,14H,2-5,9-10,13H2,1H3/t14-/m1/s1. The Morgan fingerprint density at radius 2 is 2.28 bits per heavy atom. The van der Waals surface area contributed by atoms with Gasteiger partial charge in [0.1, 0.15) is 11.6 Å². The SMILES string of the molecule is CCCCn1ccnc1[C@@H]1CCCN(C(=O)c2cc(Cl)ccc2F)C1. The van der Waals surface area contributed by atoms with Gasteiger partial charge >= 0.3 is 0 Å². The molecule has 2 aromatic rings. The minimum atomic E-state index is -0.527. The van der Waals surface area contributed by atoms with E-state index < -0.39 is 5.82 Å². The molecule has 0 unspecified atom stereocenters. The molecule has 4 nitrogen and oxygen atoms in total. The Bertz CT molecular complexity index is 746. The van der Waals surface area contributed by atoms with Gasteiger partial charge in [0.15, 0.2) is 0 Å². The van der Waals surface area contributed by atoms with Crippen LogP contribution in [-0.4, -0.2) is 33.4 Å². The first-order valence-corrected chi connectivity index (χ1v) is 9.23. The predicted octanol–water partition coefficient (Wildman–Crippen LogP) is 4.50. The van der Waals surface area contributed by atoms with Crippen LogP contribution in [0.5, 0.6) is 0 Å². The number of halogens is 2. The Hall–Kier alpha value is -1.88. The Balaban J connectivity index is 1.76. The summed E-state index contributed by atoms with van der Waals surface area (Å²) in [6.45, 7) is 4.31. The van der Waals surface area contributed by atoms with E-state index in [0.717, 1.165) is 38.1 Å². The van der Waals surface area contributed by atoms with Crippen molar-refractivity contribution in [1.29, 1.82) is 0 Å². The zero-order valence-electron chi connectivity index (χ0n) is 14.4. The summed E-state index contributed by atoms with van der Waals surface area (Å²) in [5, 5.41) is 0.369. The minimum absolute atomic E-state index is 0.0440. The van der Waals surface area contributed by atoms with E-state index in [1.807, 2.05) is 12.4 Å². The molecule has 0 spiro atoms. The molecule has 0 aliphatic carbocycles. The molecule has 0 radical (unpaired) electrons. The molecular formula is C19H23ClFN3O. The van der Waals surface area contributed by atoms with Gasteiger partial charge in [0, 0.05) is 43.0 Å². The zero-order chi connectivity index (χ0) is 17.8. The van der Waals surface area contributed by atoms with Gasteiger partial charge in [-0.25, -0.2) is 9.37 Å².